The zero-order valence-electron chi connectivity index (χ0n) is 21.5. The van der Waals surface area contributed by atoms with Crippen LogP contribution in [0, 0.1) is 5.92 Å². The first kappa shape index (κ1) is 24.6. The number of phenolic OH excluding ortho intramolecular Hbond substituents is 1. The minimum Gasteiger partial charge on any atom is -0.508 e. The van der Waals surface area contributed by atoms with Gasteiger partial charge < -0.3 is 14.6 Å². The third-order valence-electron chi connectivity index (χ3n) is 7.47. The van der Waals surface area contributed by atoms with Crippen LogP contribution in [0.25, 0.3) is 22.0 Å². The number of fused-ring (bicyclic) bond motifs is 5. The van der Waals surface area contributed by atoms with Crippen molar-refractivity contribution in [2.45, 2.75) is 25.6 Å². The Balaban J connectivity index is 1.32. The Morgan fingerprint density at radius 2 is 1.84 bits per heavy atom. The lowest BCUT2D eigenvalue weighted by molar-refractivity contribution is 0.0668. The smallest absolute Gasteiger partial charge is 0.150 e. The monoisotopic (exact) mass is 516 g/mol. The first-order chi connectivity index (χ1) is 18.3. The third-order valence-corrected chi connectivity index (χ3v) is 7.47. The first-order valence-corrected chi connectivity index (χ1v) is 12.9. The Hall–Kier alpha value is -3.71. The van der Waals surface area contributed by atoms with E-state index >= 15 is 0 Å². The van der Waals surface area contributed by atoms with Crippen LogP contribution in [0.3, 0.4) is 0 Å². The molecule has 1 aromatic heterocycles. The molecule has 3 aromatic carbocycles. The summed E-state index contributed by atoms with van der Waals surface area (Å²) in [6.45, 7) is 5.70. The van der Waals surface area contributed by atoms with E-state index in [0.29, 0.717) is 23.4 Å². The highest BCUT2D eigenvalue weighted by atomic mass is 19.1. The van der Waals surface area contributed by atoms with E-state index in [9.17, 15) is 13.9 Å². The average Bonchev–Trinajstić information content (AvgIpc) is 2.88. The van der Waals surface area contributed by atoms with Crippen molar-refractivity contribution >= 4 is 10.9 Å². The Labute approximate surface area is 220 Å². The summed E-state index contributed by atoms with van der Waals surface area (Å²) in [4.78, 5) is 6.79. The minimum atomic E-state index is -1.50. The standard InChI is InChI=1S/C31H30F2N2O3/c1-31(2,33)21-5-9-24-26-16-34-27-14-22(36)6-10-25(27)29(26)30(38-28(24)13-21)20-3-7-23(8-4-20)37-12-11-35-17-19(15-32)18-35/h3-10,13-14,16,19,30,36H,11-12,15,17-18H2,1-2H3/t30-/m1/s1. The van der Waals surface area contributed by atoms with Crippen molar-refractivity contribution in [2.75, 3.05) is 32.9 Å². The van der Waals surface area contributed by atoms with Crippen molar-refractivity contribution in [3.63, 3.8) is 0 Å². The highest BCUT2D eigenvalue weighted by Crippen LogP contribution is 2.48. The molecule has 1 fully saturated rings. The zero-order valence-corrected chi connectivity index (χ0v) is 21.5. The van der Waals surface area contributed by atoms with Gasteiger partial charge in [0.1, 0.15) is 29.5 Å². The minimum absolute atomic E-state index is 0.147. The number of halogens is 2. The predicted molar refractivity (Wildman–Crippen MR) is 143 cm³/mol. The number of hydrogen-bond donors (Lipinski definition) is 1. The number of aromatic hydroxyl groups is 1. The van der Waals surface area contributed by atoms with Gasteiger partial charge in [-0.1, -0.05) is 24.3 Å². The molecule has 1 N–H and O–H groups in total. The average molecular weight is 517 g/mol. The fourth-order valence-electron chi connectivity index (χ4n) is 5.32. The summed E-state index contributed by atoms with van der Waals surface area (Å²) in [5, 5.41) is 10.9. The first-order valence-electron chi connectivity index (χ1n) is 12.9. The fraction of sp³-hybridized carbons (Fsp3) is 0.323. The summed E-state index contributed by atoms with van der Waals surface area (Å²) < 4.78 is 39.9. The molecular formula is C31H30F2N2O3. The van der Waals surface area contributed by atoms with Crippen molar-refractivity contribution in [3.05, 3.63) is 83.6 Å². The second-order valence-corrected chi connectivity index (χ2v) is 10.7. The highest BCUT2D eigenvalue weighted by Gasteiger charge is 2.32. The Kier molecular flexibility index (Phi) is 6.19. The topological polar surface area (TPSA) is 54.8 Å². The number of benzene rings is 3. The number of phenols is 1. The third kappa shape index (κ3) is 4.56. The molecule has 2 aliphatic rings. The quantitative estimate of drug-likeness (QED) is 0.301. The molecule has 0 unspecified atom stereocenters. The molecule has 0 amide bonds. The molecule has 0 aliphatic carbocycles. The molecule has 196 valence electrons. The Bertz CT molecular complexity index is 1480. The maximum Gasteiger partial charge on any atom is 0.150 e. The largest absolute Gasteiger partial charge is 0.508 e. The summed E-state index contributed by atoms with van der Waals surface area (Å²) in [5.74, 6) is 1.67. The van der Waals surface area contributed by atoms with Crippen LogP contribution < -0.4 is 9.47 Å². The summed E-state index contributed by atoms with van der Waals surface area (Å²) in [6.07, 6.45) is 1.34. The van der Waals surface area contributed by atoms with Crippen molar-refractivity contribution in [3.8, 4) is 28.4 Å². The number of rotatable bonds is 7. The maximum atomic E-state index is 14.8. The van der Waals surface area contributed by atoms with Crippen molar-refractivity contribution in [1.29, 1.82) is 0 Å². The van der Waals surface area contributed by atoms with E-state index in [1.165, 1.54) is 13.8 Å². The normalized spacial score (nSPS) is 17.4. The lowest BCUT2D eigenvalue weighted by Crippen LogP contribution is -2.49. The van der Waals surface area contributed by atoms with E-state index in [1.807, 2.05) is 36.4 Å². The molecule has 7 heteroatoms. The summed E-state index contributed by atoms with van der Waals surface area (Å²) in [7, 11) is 0. The molecule has 0 spiro atoms. The predicted octanol–water partition coefficient (Wildman–Crippen LogP) is 6.57. The van der Waals surface area contributed by atoms with Crippen LogP contribution in [0.1, 0.15) is 36.6 Å². The van der Waals surface area contributed by atoms with Crippen LogP contribution in [0.2, 0.25) is 0 Å². The zero-order chi connectivity index (χ0) is 26.4. The van der Waals surface area contributed by atoms with Crippen LogP contribution in [0.15, 0.2) is 66.9 Å². The van der Waals surface area contributed by atoms with Gasteiger partial charge in [0.05, 0.1) is 12.2 Å². The molecule has 3 heterocycles. The van der Waals surface area contributed by atoms with E-state index in [2.05, 4.69) is 9.88 Å². The van der Waals surface area contributed by atoms with Crippen molar-refractivity contribution < 1.29 is 23.4 Å². The van der Waals surface area contributed by atoms with Gasteiger partial charge in [-0.05, 0) is 55.3 Å². The van der Waals surface area contributed by atoms with Crippen LogP contribution in [-0.4, -0.2) is 47.9 Å². The van der Waals surface area contributed by atoms with Gasteiger partial charge in [0.25, 0.3) is 0 Å². The summed E-state index contributed by atoms with van der Waals surface area (Å²) >= 11 is 0. The Morgan fingerprint density at radius 3 is 2.58 bits per heavy atom. The van der Waals surface area contributed by atoms with Gasteiger partial charge >= 0.3 is 0 Å². The van der Waals surface area contributed by atoms with Gasteiger partial charge in [-0.15, -0.1) is 0 Å². The molecule has 2 aliphatic heterocycles. The van der Waals surface area contributed by atoms with E-state index in [4.69, 9.17) is 9.47 Å². The SMILES string of the molecule is CC(C)(F)c1ccc2c(c1)O[C@H](c1ccc(OCCN3CC(CF)C3)cc1)c1c-2cnc2cc(O)ccc12. The highest BCUT2D eigenvalue weighted by molar-refractivity contribution is 5.92. The number of hydrogen-bond acceptors (Lipinski definition) is 5. The molecule has 0 radical (unpaired) electrons. The lowest BCUT2D eigenvalue weighted by Gasteiger charge is -2.37. The molecule has 6 rings (SSSR count). The number of likely N-dealkylation sites (tertiary alicyclic amines) is 1. The second-order valence-electron chi connectivity index (χ2n) is 10.7. The second kappa shape index (κ2) is 9.55. The molecule has 0 saturated carbocycles. The van der Waals surface area contributed by atoms with E-state index in [1.54, 1.807) is 30.5 Å². The number of pyridine rings is 1. The van der Waals surface area contributed by atoms with Crippen LogP contribution in [0.4, 0.5) is 8.78 Å². The van der Waals surface area contributed by atoms with E-state index in [0.717, 1.165) is 53.0 Å². The van der Waals surface area contributed by atoms with Crippen LogP contribution in [0.5, 0.6) is 17.2 Å². The molecule has 1 saturated heterocycles. The molecule has 4 aromatic rings. The van der Waals surface area contributed by atoms with Gasteiger partial charge in [-0.2, -0.15) is 0 Å². The van der Waals surface area contributed by atoms with Gasteiger partial charge in [0.15, 0.2) is 6.10 Å². The van der Waals surface area contributed by atoms with Crippen LogP contribution >= 0.6 is 0 Å². The van der Waals surface area contributed by atoms with Gasteiger partial charge in [-0.3, -0.25) is 14.3 Å². The van der Waals surface area contributed by atoms with E-state index in [-0.39, 0.29) is 18.3 Å². The van der Waals surface area contributed by atoms with Crippen molar-refractivity contribution in [1.82, 2.24) is 9.88 Å². The summed E-state index contributed by atoms with van der Waals surface area (Å²) in [6, 6.07) is 18.4. The van der Waals surface area contributed by atoms with E-state index < -0.39 is 11.8 Å². The molecule has 5 nitrogen and oxygen atoms in total. The maximum absolute atomic E-state index is 14.8. The molecule has 38 heavy (non-hydrogen) atoms. The molecule has 1 atom stereocenters. The fourth-order valence-corrected chi connectivity index (χ4v) is 5.32. The number of ether oxygens (including phenoxy) is 2. The van der Waals surface area contributed by atoms with Gasteiger partial charge in [0.2, 0.25) is 0 Å². The lowest BCUT2D eigenvalue weighted by atomic mass is 9.86. The molecular weight excluding hydrogens is 486 g/mol. The number of alkyl halides is 2. The van der Waals surface area contributed by atoms with Crippen molar-refractivity contribution in [2.24, 2.45) is 5.92 Å². The Morgan fingerprint density at radius 1 is 1.05 bits per heavy atom. The summed E-state index contributed by atoms with van der Waals surface area (Å²) in [5.41, 5.74) is 3.35. The molecule has 0 bridgehead atoms. The van der Waals surface area contributed by atoms with Crippen LogP contribution in [-0.2, 0) is 5.67 Å². The van der Waals surface area contributed by atoms with Gasteiger partial charge in [-0.25, -0.2) is 4.39 Å². The number of aromatic nitrogens is 1. The van der Waals surface area contributed by atoms with Gasteiger partial charge in [0, 0.05) is 59.9 Å². The number of nitrogens with zero attached hydrogens (tertiary/aromatic N) is 2.